The van der Waals surface area contributed by atoms with Crippen LogP contribution in [0.2, 0.25) is 0 Å². The van der Waals surface area contributed by atoms with Crippen LogP contribution in [-0.2, 0) is 9.47 Å². The lowest BCUT2D eigenvalue weighted by molar-refractivity contribution is 0.0418. The van der Waals surface area contributed by atoms with Crippen molar-refractivity contribution in [2.45, 2.75) is 38.6 Å². The average molecular weight is 142 g/mol. The number of ether oxygens (including phenoxy) is 2. The van der Waals surface area contributed by atoms with E-state index in [4.69, 9.17) is 9.47 Å². The second-order valence-corrected chi connectivity index (χ2v) is 3.38. The van der Waals surface area contributed by atoms with Gasteiger partial charge in [-0.1, -0.05) is 6.92 Å². The molecule has 0 saturated carbocycles. The lowest BCUT2D eigenvalue weighted by Gasteiger charge is -2.12. The molecule has 3 unspecified atom stereocenters. The van der Waals surface area contributed by atoms with E-state index in [0.717, 1.165) is 12.5 Å². The first kappa shape index (κ1) is 6.62. The fraction of sp³-hybridized carbons (Fsp3) is 1.00. The fourth-order valence-corrected chi connectivity index (χ4v) is 1.46. The Kier molecular flexibility index (Phi) is 1.66. The van der Waals surface area contributed by atoms with Gasteiger partial charge in [0, 0.05) is 0 Å². The van der Waals surface area contributed by atoms with E-state index < -0.39 is 0 Å². The third-order valence-corrected chi connectivity index (χ3v) is 2.37. The Bertz CT molecular complexity index is 122. The molecule has 0 spiro atoms. The predicted octanol–water partition coefficient (Wildman–Crippen LogP) is 1.55. The Hall–Kier alpha value is -0.0800. The van der Waals surface area contributed by atoms with Gasteiger partial charge in [-0.3, -0.25) is 0 Å². The zero-order valence-electron chi connectivity index (χ0n) is 6.38. The summed E-state index contributed by atoms with van der Waals surface area (Å²) in [5.41, 5.74) is 0. The predicted molar refractivity (Wildman–Crippen MR) is 37.6 cm³/mol. The van der Waals surface area contributed by atoms with Crippen LogP contribution in [0.15, 0.2) is 0 Å². The maximum absolute atomic E-state index is 5.41. The van der Waals surface area contributed by atoms with Crippen LogP contribution in [0.25, 0.3) is 0 Å². The van der Waals surface area contributed by atoms with Crippen LogP contribution in [0.1, 0.15) is 26.2 Å². The van der Waals surface area contributed by atoms with E-state index in [2.05, 4.69) is 6.92 Å². The summed E-state index contributed by atoms with van der Waals surface area (Å²) in [5, 5.41) is 0. The Labute approximate surface area is 61.5 Å². The maximum atomic E-state index is 5.41. The first-order chi connectivity index (χ1) is 4.86. The maximum Gasteiger partial charge on any atom is 0.184 e. The second-order valence-electron chi connectivity index (χ2n) is 3.38. The molecule has 3 atom stereocenters. The van der Waals surface area contributed by atoms with Crippen molar-refractivity contribution in [2.24, 2.45) is 5.92 Å². The first-order valence-corrected chi connectivity index (χ1v) is 4.13. The monoisotopic (exact) mass is 142 g/mol. The molecule has 58 valence electrons. The van der Waals surface area contributed by atoms with Gasteiger partial charge in [-0.2, -0.15) is 0 Å². The van der Waals surface area contributed by atoms with E-state index in [0.29, 0.717) is 6.10 Å². The minimum Gasteiger partial charge on any atom is -0.350 e. The SMILES string of the molecule is CC1CCOC2OC2CC1. The zero-order chi connectivity index (χ0) is 6.97. The fourth-order valence-electron chi connectivity index (χ4n) is 1.46. The third kappa shape index (κ3) is 1.32. The Morgan fingerprint density at radius 3 is 3.00 bits per heavy atom. The highest BCUT2D eigenvalue weighted by molar-refractivity contribution is 4.79. The van der Waals surface area contributed by atoms with Crippen LogP contribution in [-0.4, -0.2) is 19.0 Å². The molecule has 0 aromatic rings. The van der Waals surface area contributed by atoms with Crippen LogP contribution < -0.4 is 0 Å². The van der Waals surface area contributed by atoms with Gasteiger partial charge < -0.3 is 9.47 Å². The summed E-state index contributed by atoms with van der Waals surface area (Å²) in [6.07, 6.45) is 4.33. The molecule has 0 aromatic heterocycles. The molecular formula is C8H14O2. The van der Waals surface area contributed by atoms with Crippen molar-refractivity contribution in [2.75, 3.05) is 6.61 Å². The molecule has 2 fully saturated rings. The first-order valence-electron chi connectivity index (χ1n) is 4.13. The van der Waals surface area contributed by atoms with Gasteiger partial charge in [0.25, 0.3) is 0 Å². The van der Waals surface area contributed by atoms with Crippen LogP contribution in [0, 0.1) is 5.92 Å². The molecule has 0 radical (unpaired) electrons. The standard InChI is InChI=1S/C8H14O2/c1-6-2-3-7-8(10-7)9-5-4-6/h6-8H,2-5H2,1H3. The average Bonchev–Trinajstić information content (AvgIpc) is 2.59. The largest absolute Gasteiger partial charge is 0.350 e. The summed E-state index contributed by atoms with van der Waals surface area (Å²) in [6, 6.07) is 0. The molecule has 2 aliphatic heterocycles. The number of hydrogen-bond acceptors (Lipinski definition) is 2. The van der Waals surface area contributed by atoms with Crippen molar-refractivity contribution in [3.63, 3.8) is 0 Å². The molecule has 10 heavy (non-hydrogen) atoms. The van der Waals surface area contributed by atoms with Gasteiger partial charge in [0.2, 0.25) is 0 Å². The van der Waals surface area contributed by atoms with Crippen LogP contribution in [0.4, 0.5) is 0 Å². The van der Waals surface area contributed by atoms with Gasteiger partial charge in [0.15, 0.2) is 6.29 Å². The molecule has 2 heteroatoms. The molecule has 2 saturated heterocycles. The van der Waals surface area contributed by atoms with Crippen LogP contribution in [0.5, 0.6) is 0 Å². The van der Waals surface area contributed by atoms with Crippen molar-refractivity contribution < 1.29 is 9.47 Å². The molecule has 2 heterocycles. The normalized spacial score (nSPS) is 47.1. The highest BCUT2D eigenvalue weighted by atomic mass is 16.8. The van der Waals surface area contributed by atoms with Gasteiger partial charge in [0.05, 0.1) is 6.61 Å². The summed E-state index contributed by atoms with van der Waals surface area (Å²) >= 11 is 0. The molecule has 0 N–H and O–H groups in total. The molecule has 2 aliphatic rings. The number of epoxide rings is 1. The molecule has 2 nitrogen and oxygen atoms in total. The van der Waals surface area contributed by atoms with Gasteiger partial charge in [0.1, 0.15) is 6.10 Å². The van der Waals surface area contributed by atoms with Gasteiger partial charge in [-0.15, -0.1) is 0 Å². The van der Waals surface area contributed by atoms with E-state index >= 15 is 0 Å². The molecule has 2 rings (SSSR count). The van der Waals surface area contributed by atoms with Gasteiger partial charge in [-0.05, 0) is 25.2 Å². The minimum absolute atomic E-state index is 0.174. The van der Waals surface area contributed by atoms with Crippen molar-refractivity contribution in [3.05, 3.63) is 0 Å². The van der Waals surface area contributed by atoms with Crippen molar-refractivity contribution in [1.29, 1.82) is 0 Å². The van der Waals surface area contributed by atoms with E-state index in [1.807, 2.05) is 0 Å². The molecule has 0 bridgehead atoms. The number of fused-ring (bicyclic) bond motifs is 1. The molecular weight excluding hydrogens is 128 g/mol. The van der Waals surface area contributed by atoms with Crippen LogP contribution >= 0.6 is 0 Å². The lowest BCUT2D eigenvalue weighted by Crippen LogP contribution is -2.10. The van der Waals surface area contributed by atoms with E-state index in [9.17, 15) is 0 Å². The van der Waals surface area contributed by atoms with Gasteiger partial charge in [-0.25, -0.2) is 0 Å². The van der Waals surface area contributed by atoms with Crippen molar-refractivity contribution >= 4 is 0 Å². The highest BCUT2D eigenvalue weighted by Crippen LogP contribution is 2.32. The highest BCUT2D eigenvalue weighted by Gasteiger charge is 2.40. The lowest BCUT2D eigenvalue weighted by atomic mass is 10.0. The summed E-state index contributed by atoms with van der Waals surface area (Å²) < 4.78 is 10.7. The Morgan fingerprint density at radius 2 is 2.10 bits per heavy atom. The summed E-state index contributed by atoms with van der Waals surface area (Å²) in [7, 11) is 0. The number of rotatable bonds is 0. The zero-order valence-corrected chi connectivity index (χ0v) is 6.38. The Morgan fingerprint density at radius 1 is 1.20 bits per heavy atom. The molecule has 0 aliphatic carbocycles. The van der Waals surface area contributed by atoms with E-state index in [-0.39, 0.29) is 6.29 Å². The summed E-state index contributed by atoms with van der Waals surface area (Å²) in [5.74, 6) is 0.824. The quantitative estimate of drug-likeness (QED) is 0.479. The summed E-state index contributed by atoms with van der Waals surface area (Å²) in [6.45, 7) is 3.18. The van der Waals surface area contributed by atoms with Gasteiger partial charge >= 0.3 is 0 Å². The smallest absolute Gasteiger partial charge is 0.184 e. The summed E-state index contributed by atoms with van der Waals surface area (Å²) in [4.78, 5) is 0. The Balaban J connectivity index is 1.83. The second kappa shape index (κ2) is 2.51. The van der Waals surface area contributed by atoms with Crippen molar-refractivity contribution in [3.8, 4) is 0 Å². The van der Waals surface area contributed by atoms with Crippen molar-refractivity contribution in [1.82, 2.24) is 0 Å². The molecule has 0 aromatic carbocycles. The van der Waals surface area contributed by atoms with Crippen LogP contribution in [0.3, 0.4) is 0 Å². The minimum atomic E-state index is 0.174. The van der Waals surface area contributed by atoms with E-state index in [1.54, 1.807) is 0 Å². The molecule has 0 amide bonds. The van der Waals surface area contributed by atoms with E-state index in [1.165, 1.54) is 19.3 Å². The topological polar surface area (TPSA) is 21.8 Å². The number of hydrogen-bond donors (Lipinski definition) is 0. The third-order valence-electron chi connectivity index (χ3n) is 2.37.